The lowest BCUT2D eigenvalue weighted by Crippen LogP contribution is -2.57. The molecule has 1 N–H and O–H groups in total. The number of aliphatic hydroxyl groups excluding tert-OH is 1. The highest BCUT2D eigenvalue weighted by molar-refractivity contribution is 8.02. The van der Waals surface area contributed by atoms with Gasteiger partial charge in [-0.2, -0.15) is 0 Å². The number of amides is 3. The molecular weight excluding hydrogens is 570 g/mol. The predicted molar refractivity (Wildman–Crippen MR) is 176 cm³/mol. The summed E-state index contributed by atoms with van der Waals surface area (Å²) in [5, 5.41) is 10.8. The van der Waals surface area contributed by atoms with Crippen LogP contribution in [0.2, 0.25) is 0 Å². The molecule has 8 heteroatoms. The van der Waals surface area contributed by atoms with Gasteiger partial charge in [-0.1, -0.05) is 79.7 Å². The number of rotatable bonds is 14. The van der Waals surface area contributed by atoms with E-state index >= 15 is 0 Å². The molecule has 1 spiro atoms. The molecule has 3 fully saturated rings. The summed E-state index contributed by atoms with van der Waals surface area (Å²) in [6.45, 7) is 13.3. The lowest BCUT2D eigenvalue weighted by atomic mass is 9.66. The first-order chi connectivity index (χ1) is 21.2. The predicted octanol–water partition coefficient (Wildman–Crippen LogP) is 4.71. The van der Waals surface area contributed by atoms with E-state index in [1.807, 2.05) is 72.5 Å². The summed E-state index contributed by atoms with van der Waals surface area (Å²) in [6.07, 6.45) is 6.07. The van der Waals surface area contributed by atoms with Crippen LogP contribution in [0.5, 0.6) is 0 Å². The molecule has 3 amide bonds. The fourth-order valence-electron chi connectivity index (χ4n) is 7.83. The first-order valence-electron chi connectivity index (χ1n) is 15.7. The second kappa shape index (κ2) is 13.3. The Morgan fingerprint density at radius 1 is 1.00 bits per heavy atom. The topological polar surface area (TPSA) is 81.2 Å². The minimum absolute atomic E-state index is 0.0365. The summed E-state index contributed by atoms with van der Waals surface area (Å²) in [6, 6.07) is 18.2. The maximum absolute atomic E-state index is 14.9. The monoisotopic (exact) mass is 615 g/mol. The van der Waals surface area contributed by atoms with Crippen molar-refractivity contribution in [2.75, 3.05) is 26.2 Å². The van der Waals surface area contributed by atoms with Crippen molar-refractivity contribution < 1.29 is 19.5 Å². The molecule has 234 valence electrons. The second-order valence-corrected chi connectivity index (χ2v) is 14.5. The summed E-state index contributed by atoms with van der Waals surface area (Å²) in [5.74, 6) is -1.59. The number of fused-ring (bicyclic) bond motifs is 1. The summed E-state index contributed by atoms with van der Waals surface area (Å²) in [5.41, 5.74) is 1.96. The van der Waals surface area contributed by atoms with Gasteiger partial charge in [-0.25, -0.2) is 0 Å². The van der Waals surface area contributed by atoms with E-state index in [2.05, 4.69) is 20.1 Å². The van der Waals surface area contributed by atoms with E-state index in [4.69, 9.17) is 0 Å². The van der Waals surface area contributed by atoms with Gasteiger partial charge in [-0.05, 0) is 43.7 Å². The number of hydrogen-bond donors (Lipinski definition) is 1. The number of carbonyl (C=O) groups excluding carboxylic acids is 3. The Morgan fingerprint density at radius 3 is 2.20 bits per heavy atom. The number of hydrogen-bond acceptors (Lipinski definition) is 5. The van der Waals surface area contributed by atoms with Gasteiger partial charge >= 0.3 is 0 Å². The third-order valence-corrected chi connectivity index (χ3v) is 11.7. The Balaban J connectivity index is 1.60. The molecular formula is C36H45N3O4S. The number of likely N-dealkylation sites (tertiary alicyclic amines) is 1. The summed E-state index contributed by atoms with van der Waals surface area (Å²) in [7, 11) is 0. The SMILES string of the molecule is C=CCN(Cc1ccccc1)C(=O)C1N([C@@H](CO)Cc2ccccc2)C(=O)[C@@H]2[C@H](C(=O)N(CC=C)CCC)[C@]3(C)CCC12S3. The van der Waals surface area contributed by atoms with Gasteiger partial charge in [0.15, 0.2) is 0 Å². The molecule has 3 heterocycles. The van der Waals surface area contributed by atoms with Crippen molar-refractivity contribution in [2.24, 2.45) is 11.8 Å². The summed E-state index contributed by atoms with van der Waals surface area (Å²) in [4.78, 5) is 49.3. The van der Waals surface area contributed by atoms with Gasteiger partial charge in [0.25, 0.3) is 0 Å². The molecule has 0 saturated carbocycles. The normalized spacial score (nSPS) is 27.6. The minimum atomic E-state index is -0.812. The second-order valence-electron chi connectivity index (χ2n) is 12.6. The first kappa shape index (κ1) is 32.0. The van der Waals surface area contributed by atoms with Crippen LogP contribution in [-0.2, 0) is 27.3 Å². The van der Waals surface area contributed by atoms with Crippen LogP contribution < -0.4 is 0 Å². The van der Waals surface area contributed by atoms with E-state index in [1.54, 1.807) is 33.7 Å². The molecule has 5 rings (SSSR count). The molecule has 2 aromatic rings. The Morgan fingerprint density at radius 2 is 1.61 bits per heavy atom. The highest BCUT2D eigenvalue weighted by Gasteiger charge is 2.78. The molecule has 6 atom stereocenters. The molecule has 0 aliphatic carbocycles. The van der Waals surface area contributed by atoms with Crippen molar-refractivity contribution in [3.63, 3.8) is 0 Å². The highest BCUT2D eigenvalue weighted by atomic mass is 32.2. The molecule has 0 radical (unpaired) electrons. The van der Waals surface area contributed by atoms with Crippen LogP contribution in [0.1, 0.15) is 44.2 Å². The zero-order valence-electron chi connectivity index (χ0n) is 25.9. The number of thioether (sulfide) groups is 1. The van der Waals surface area contributed by atoms with Gasteiger partial charge in [0.05, 0.1) is 29.2 Å². The molecule has 2 unspecified atom stereocenters. The maximum atomic E-state index is 14.9. The Kier molecular flexibility index (Phi) is 9.71. The van der Waals surface area contributed by atoms with E-state index in [-0.39, 0.29) is 24.3 Å². The lowest BCUT2D eigenvalue weighted by molar-refractivity contribution is -0.147. The van der Waals surface area contributed by atoms with Gasteiger partial charge in [0, 0.05) is 30.9 Å². The maximum Gasteiger partial charge on any atom is 0.247 e. The third kappa shape index (κ3) is 5.63. The van der Waals surface area contributed by atoms with E-state index < -0.39 is 33.4 Å². The largest absolute Gasteiger partial charge is 0.394 e. The van der Waals surface area contributed by atoms with Crippen molar-refractivity contribution in [1.82, 2.24) is 14.7 Å². The fourth-order valence-corrected chi connectivity index (χ4v) is 10.2. The van der Waals surface area contributed by atoms with Gasteiger partial charge < -0.3 is 19.8 Å². The minimum Gasteiger partial charge on any atom is -0.394 e. The van der Waals surface area contributed by atoms with Crippen molar-refractivity contribution in [1.29, 1.82) is 0 Å². The molecule has 3 aliphatic heterocycles. The van der Waals surface area contributed by atoms with Gasteiger partial charge in [-0.3, -0.25) is 14.4 Å². The van der Waals surface area contributed by atoms with Crippen molar-refractivity contribution in [2.45, 2.75) is 67.7 Å². The van der Waals surface area contributed by atoms with E-state index in [0.717, 1.165) is 24.0 Å². The van der Waals surface area contributed by atoms with Crippen LogP contribution >= 0.6 is 11.8 Å². The molecule has 2 aromatic carbocycles. The van der Waals surface area contributed by atoms with Crippen molar-refractivity contribution >= 4 is 29.5 Å². The molecule has 3 aliphatic rings. The van der Waals surface area contributed by atoms with E-state index in [9.17, 15) is 19.5 Å². The molecule has 3 saturated heterocycles. The van der Waals surface area contributed by atoms with Crippen LogP contribution in [0, 0.1) is 11.8 Å². The molecule has 2 bridgehead atoms. The third-order valence-electron chi connectivity index (χ3n) is 9.66. The number of carbonyl (C=O) groups is 3. The fraction of sp³-hybridized carbons (Fsp3) is 0.472. The van der Waals surface area contributed by atoms with Gasteiger partial charge in [-0.15, -0.1) is 24.9 Å². The molecule has 0 aromatic heterocycles. The average Bonchev–Trinajstić information content (AvgIpc) is 3.60. The van der Waals surface area contributed by atoms with Crippen LogP contribution in [0.4, 0.5) is 0 Å². The number of nitrogens with zero attached hydrogens (tertiary/aromatic N) is 3. The van der Waals surface area contributed by atoms with Crippen LogP contribution in [0.25, 0.3) is 0 Å². The van der Waals surface area contributed by atoms with Gasteiger partial charge in [0.1, 0.15) is 6.04 Å². The Hall–Kier alpha value is -3.36. The highest BCUT2D eigenvalue weighted by Crippen LogP contribution is 2.72. The molecule has 7 nitrogen and oxygen atoms in total. The van der Waals surface area contributed by atoms with E-state index in [1.165, 1.54) is 0 Å². The van der Waals surface area contributed by atoms with Crippen molar-refractivity contribution in [3.8, 4) is 0 Å². The van der Waals surface area contributed by atoms with Crippen molar-refractivity contribution in [3.05, 3.63) is 97.1 Å². The zero-order valence-corrected chi connectivity index (χ0v) is 26.8. The average molecular weight is 616 g/mol. The standard InChI is InChI=1S/C36H45N3O4S/c1-5-20-37(21-6-2)32(41)29-30-33(42)39(28(25-40)23-26-14-10-8-11-15-26)31(36(30)19-18-35(29,4)44-36)34(43)38(22-7-3)24-27-16-12-9-13-17-27/h5,7-17,28-31,40H,1,3,6,18-25H2,2,4H3/t28-,29-,30+,31?,35+,36?/m1/s1. The zero-order chi connectivity index (χ0) is 31.5. The smallest absolute Gasteiger partial charge is 0.247 e. The summed E-state index contributed by atoms with van der Waals surface area (Å²) < 4.78 is -1.23. The summed E-state index contributed by atoms with van der Waals surface area (Å²) >= 11 is 1.67. The van der Waals surface area contributed by atoms with Gasteiger partial charge in [0.2, 0.25) is 17.7 Å². The quantitative estimate of drug-likeness (QED) is 0.312. The van der Waals surface area contributed by atoms with Crippen LogP contribution in [0.3, 0.4) is 0 Å². The number of aliphatic hydroxyl groups is 1. The number of benzene rings is 2. The molecule has 44 heavy (non-hydrogen) atoms. The first-order valence-corrected chi connectivity index (χ1v) is 16.6. The van der Waals surface area contributed by atoms with E-state index in [0.29, 0.717) is 39.0 Å². The lowest BCUT2D eigenvalue weighted by Gasteiger charge is -2.39. The van der Waals surface area contributed by atoms with Crippen LogP contribution in [0.15, 0.2) is 86.0 Å². The van der Waals surface area contributed by atoms with Crippen LogP contribution in [-0.4, -0.2) is 85.3 Å². The Labute approximate surface area is 266 Å². The Bertz CT molecular complexity index is 1370.